The van der Waals surface area contributed by atoms with Gasteiger partial charge in [0.1, 0.15) is 23.6 Å². The van der Waals surface area contributed by atoms with Crippen molar-refractivity contribution in [3.05, 3.63) is 39.8 Å². The zero-order valence-electron chi connectivity index (χ0n) is 38.7. The number of hydrogen-bond acceptors (Lipinski definition) is 14. The number of benzene rings is 1. The molecule has 0 bridgehead atoms. The van der Waals surface area contributed by atoms with E-state index in [1.165, 1.54) is 38.5 Å². The van der Waals surface area contributed by atoms with Crippen LogP contribution in [0, 0.1) is 48.3 Å². The second kappa shape index (κ2) is 34.4. The van der Waals surface area contributed by atoms with Crippen molar-refractivity contribution in [2.45, 2.75) is 144 Å². The maximum Gasteiger partial charge on any atom is 0.306 e. The fourth-order valence-corrected chi connectivity index (χ4v) is 7.88. The first-order chi connectivity index (χ1) is 30.5. The van der Waals surface area contributed by atoms with Gasteiger partial charge in [0.2, 0.25) is 0 Å². The number of rotatable bonds is 38. The molecule has 1 aromatic carbocycles. The van der Waals surface area contributed by atoms with Crippen molar-refractivity contribution in [3.8, 4) is 12.1 Å². The van der Waals surface area contributed by atoms with Crippen LogP contribution in [0.1, 0.15) is 145 Å². The molecule has 0 aliphatic rings. The molecule has 0 fully saturated rings. The number of aliphatic hydroxyl groups excluding tert-OH is 1. The molecule has 0 radical (unpaired) electrons. The van der Waals surface area contributed by atoms with Crippen molar-refractivity contribution >= 4 is 39.7 Å². The minimum atomic E-state index is -1.18. The van der Waals surface area contributed by atoms with Crippen LogP contribution in [0.5, 0.6) is 0 Å². The number of unbranched alkanes of at least 4 members (excludes halogenated alkanes) is 10. The molecule has 2 aromatic rings. The molecule has 15 heteroatoms. The third-order valence-corrected chi connectivity index (χ3v) is 11.9. The van der Waals surface area contributed by atoms with Crippen molar-refractivity contribution < 1.29 is 43.5 Å². The highest BCUT2D eigenvalue weighted by Gasteiger charge is 2.22. The average molecular weight is 898 g/mol. The van der Waals surface area contributed by atoms with Crippen LogP contribution in [0.25, 0.3) is 0 Å². The van der Waals surface area contributed by atoms with Gasteiger partial charge in [0.25, 0.3) is 0 Å². The average Bonchev–Trinajstić information content (AvgIpc) is 3.58. The van der Waals surface area contributed by atoms with E-state index in [0.717, 1.165) is 67.5 Å². The largest absolute Gasteiger partial charge is 0.481 e. The summed E-state index contributed by atoms with van der Waals surface area (Å²) in [5.74, 6) is -1.44. The first-order valence-electron chi connectivity index (χ1n) is 23.2. The molecule has 0 saturated carbocycles. The molecule has 0 aliphatic heterocycles. The van der Waals surface area contributed by atoms with Crippen molar-refractivity contribution in [1.82, 2.24) is 0 Å². The molecule has 0 spiro atoms. The van der Waals surface area contributed by atoms with Crippen LogP contribution in [0.15, 0.2) is 28.4 Å². The lowest BCUT2D eigenvalue weighted by Gasteiger charge is -2.25. The Morgan fingerprint density at radius 2 is 1.37 bits per heavy atom. The number of nitrogens with zero attached hydrogens (tertiary/aromatic N) is 5. The van der Waals surface area contributed by atoms with Crippen LogP contribution < -0.4 is 4.90 Å². The van der Waals surface area contributed by atoms with Gasteiger partial charge in [0.15, 0.2) is 11.3 Å². The summed E-state index contributed by atoms with van der Waals surface area (Å²) in [5, 5.41) is 48.1. The van der Waals surface area contributed by atoms with Gasteiger partial charge >= 0.3 is 11.9 Å². The summed E-state index contributed by atoms with van der Waals surface area (Å²) in [4.78, 5) is 26.6. The second-order valence-corrected chi connectivity index (χ2v) is 17.2. The first-order valence-corrected chi connectivity index (χ1v) is 24.0. The minimum Gasteiger partial charge on any atom is -0.481 e. The van der Waals surface area contributed by atoms with E-state index in [2.05, 4.69) is 48.0 Å². The molecule has 0 saturated heterocycles. The predicted octanol–water partition coefficient (Wildman–Crippen LogP) is 10.9. The van der Waals surface area contributed by atoms with Crippen molar-refractivity contribution in [2.24, 2.45) is 22.1 Å². The second-order valence-electron chi connectivity index (χ2n) is 16.2. The number of carboxylic acid groups (broad SMARTS) is 1. The molecule has 352 valence electrons. The molecular formula is C48H75N5O9S. The molecule has 1 aromatic heterocycles. The topological polar surface area (TPSA) is 196 Å². The number of nitriles is 2. The number of esters is 1. The molecule has 0 aliphatic carbocycles. The molecule has 14 nitrogen and oxygen atoms in total. The number of carboxylic acids is 1. The highest BCUT2D eigenvalue weighted by atomic mass is 32.1. The fourth-order valence-electron chi connectivity index (χ4n) is 7.00. The van der Waals surface area contributed by atoms with Gasteiger partial charge in [-0.25, -0.2) is 0 Å². The zero-order valence-corrected chi connectivity index (χ0v) is 39.6. The number of thiophene rings is 1. The molecular weight excluding hydrogens is 823 g/mol. The van der Waals surface area contributed by atoms with E-state index in [9.17, 15) is 30.3 Å². The maximum atomic E-state index is 12.2. The Hall–Kier alpha value is -3.96. The summed E-state index contributed by atoms with van der Waals surface area (Å²) in [6.07, 6.45) is 14.7. The fraction of sp³-hybridized carbons (Fsp3) is 0.708. The SMILES string of the molecule is CCCCCCCCC(C)CC(=O)OCCOCCOCCN(CCOCCOC(O)CC(CCCCCCCC)C(=O)O)c1ccc(N=Nc2sc(C#N)c(C)c2C#N)c(C)c1. The Bertz CT molecular complexity index is 1690. The van der Waals surface area contributed by atoms with Crippen LogP contribution in [0.3, 0.4) is 0 Å². The number of aliphatic hydroxyl groups is 1. The van der Waals surface area contributed by atoms with Gasteiger partial charge in [0, 0.05) is 31.6 Å². The number of hydrogen-bond donors (Lipinski definition) is 2. The predicted molar refractivity (Wildman–Crippen MR) is 247 cm³/mol. The van der Waals surface area contributed by atoms with Crippen LogP contribution in [-0.4, -0.2) is 94.4 Å². The molecule has 3 atom stereocenters. The Morgan fingerprint density at radius 3 is 1.97 bits per heavy atom. The summed E-state index contributed by atoms with van der Waals surface area (Å²) < 4.78 is 28.3. The van der Waals surface area contributed by atoms with Gasteiger partial charge in [-0.2, -0.15) is 10.5 Å². The Balaban J connectivity index is 1.85. The van der Waals surface area contributed by atoms with Gasteiger partial charge in [-0.1, -0.05) is 104 Å². The number of azo groups is 1. The van der Waals surface area contributed by atoms with E-state index in [1.807, 2.05) is 25.1 Å². The Labute approximate surface area is 380 Å². The highest BCUT2D eigenvalue weighted by molar-refractivity contribution is 7.16. The smallest absolute Gasteiger partial charge is 0.306 e. The van der Waals surface area contributed by atoms with Crippen LogP contribution in [-0.2, 0) is 33.3 Å². The van der Waals surface area contributed by atoms with Crippen molar-refractivity contribution in [3.63, 3.8) is 0 Å². The van der Waals surface area contributed by atoms with E-state index in [-0.39, 0.29) is 32.2 Å². The lowest BCUT2D eigenvalue weighted by Crippen LogP contribution is -2.32. The van der Waals surface area contributed by atoms with E-state index in [1.54, 1.807) is 6.92 Å². The summed E-state index contributed by atoms with van der Waals surface area (Å²) in [6.45, 7) is 13.5. The van der Waals surface area contributed by atoms with E-state index >= 15 is 0 Å². The quantitative estimate of drug-likeness (QED) is 0.0280. The van der Waals surface area contributed by atoms with E-state index < -0.39 is 18.2 Å². The third kappa shape index (κ3) is 24.1. The molecule has 0 amide bonds. The summed E-state index contributed by atoms with van der Waals surface area (Å²) >= 11 is 1.14. The number of aliphatic carboxylic acids is 1. The lowest BCUT2D eigenvalue weighted by molar-refractivity contribution is -0.152. The van der Waals surface area contributed by atoms with E-state index in [4.69, 9.17) is 23.7 Å². The molecule has 2 N–H and O–H groups in total. The van der Waals surface area contributed by atoms with E-state index in [0.29, 0.717) is 91.6 Å². The number of anilines is 1. The minimum absolute atomic E-state index is 0.0393. The van der Waals surface area contributed by atoms with Crippen LogP contribution in [0.2, 0.25) is 0 Å². The van der Waals surface area contributed by atoms with Gasteiger partial charge in [-0.05, 0) is 55.5 Å². The number of carbonyl (C=O) groups is 2. The number of aryl methyl sites for hydroxylation is 1. The highest BCUT2D eigenvalue weighted by Crippen LogP contribution is 2.36. The van der Waals surface area contributed by atoms with Crippen molar-refractivity contribution in [2.75, 3.05) is 70.8 Å². The Kier molecular flexibility index (Phi) is 30.2. The van der Waals surface area contributed by atoms with Gasteiger partial charge in [-0.15, -0.1) is 21.6 Å². The molecule has 2 rings (SSSR count). The first kappa shape index (κ1) is 55.2. The normalized spacial score (nSPS) is 12.8. The monoisotopic (exact) mass is 898 g/mol. The summed E-state index contributed by atoms with van der Waals surface area (Å²) in [7, 11) is 0. The lowest BCUT2D eigenvalue weighted by atomic mass is 9.97. The zero-order chi connectivity index (χ0) is 46.1. The number of ether oxygens (including phenoxy) is 5. The van der Waals surface area contributed by atoms with Crippen LogP contribution in [0.4, 0.5) is 16.4 Å². The van der Waals surface area contributed by atoms with Gasteiger partial charge < -0.3 is 38.8 Å². The summed E-state index contributed by atoms with van der Waals surface area (Å²) in [5.41, 5.74) is 3.34. The molecule has 63 heavy (non-hydrogen) atoms. The van der Waals surface area contributed by atoms with Crippen molar-refractivity contribution in [1.29, 1.82) is 10.5 Å². The van der Waals surface area contributed by atoms with Gasteiger partial charge in [-0.3, -0.25) is 9.59 Å². The molecule has 1 heterocycles. The molecule has 3 unspecified atom stereocenters. The standard InChI is InChI=1S/C48H75N5O9S/c1-6-8-10-12-14-16-18-37(3)32-45(54)61-31-29-60-27-26-58-24-22-53(23-25-59-28-30-62-46(55)34-40(48(56)57)19-17-15-13-11-9-7-2)41-20-21-43(38(4)33-41)51-52-47-42(35-49)39(5)44(36-50)63-47/h20-21,33,37,40,46,55H,6-19,22-32,34H2,1-5H3,(H,56,57). The summed E-state index contributed by atoms with van der Waals surface area (Å²) in [6, 6.07) is 10.00. The number of carbonyl (C=O) groups excluding carboxylic acids is 1. The van der Waals surface area contributed by atoms with Gasteiger partial charge in [0.05, 0.1) is 63.4 Å². The third-order valence-electron chi connectivity index (χ3n) is 10.9. The Morgan fingerprint density at radius 1 is 0.778 bits per heavy atom. The van der Waals surface area contributed by atoms with Crippen LogP contribution >= 0.6 is 11.3 Å². The maximum absolute atomic E-state index is 12.2.